The maximum Gasteiger partial charge on any atom is 0.508 e. The molecule has 4 aliphatic rings. The van der Waals surface area contributed by atoms with Gasteiger partial charge in [-0.25, -0.2) is 4.79 Å². The molecule has 4 aliphatic carbocycles. The van der Waals surface area contributed by atoms with Crippen LogP contribution in [0.4, 0.5) is 4.79 Å². The Morgan fingerprint density at radius 3 is 2.53 bits per heavy atom. The van der Waals surface area contributed by atoms with Crippen molar-refractivity contribution >= 4 is 6.16 Å². The van der Waals surface area contributed by atoms with Gasteiger partial charge in [-0.3, -0.25) is 0 Å². The first-order chi connectivity index (χ1) is 18.2. The van der Waals surface area contributed by atoms with Gasteiger partial charge in [0.2, 0.25) is 0 Å². The average molecular weight is 521 g/mol. The topological polar surface area (TPSA) is 35.5 Å². The first kappa shape index (κ1) is 27.8. The Bertz CT molecular complexity index is 982. The molecule has 0 bridgehead atoms. The van der Waals surface area contributed by atoms with E-state index in [9.17, 15) is 4.79 Å². The molecule has 0 aliphatic heterocycles. The van der Waals surface area contributed by atoms with Crippen LogP contribution in [0.3, 0.4) is 0 Å². The number of hydrogen-bond donors (Lipinski definition) is 0. The van der Waals surface area contributed by atoms with Crippen LogP contribution >= 0.6 is 0 Å². The lowest BCUT2D eigenvalue weighted by Gasteiger charge is -2.58. The third-order valence-corrected chi connectivity index (χ3v) is 11.7. The Kier molecular flexibility index (Phi) is 8.32. The summed E-state index contributed by atoms with van der Waals surface area (Å²) >= 11 is 0. The largest absolute Gasteiger partial charge is 0.508 e. The van der Waals surface area contributed by atoms with Crippen LogP contribution in [0.5, 0.6) is 0 Å². The first-order valence-electron chi connectivity index (χ1n) is 15.8. The third-order valence-electron chi connectivity index (χ3n) is 11.7. The van der Waals surface area contributed by atoms with Crippen LogP contribution in [-0.4, -0.2) is 12.3 Å². The van der Waals surface area contributed by atoms with E-state index in [1.807, 2.05) is 30.3 Å². The number of carbonyl (C=O) groups excluding carboxylic acids is 1. The molecule has 8 atom stereocenters. The highest BCUT2D eigenvalue weighted by Gasteiger charge is 2.59. The minimum Gasteiger partial charge on any atom is -0.431 e. The molecule has 0 aromatic heterocycles. The molecule has 0 unspecified atom stereocenters. The molecule has 210 valence electrons. The van der Waals surface area contributed by atoms with Gasteiger partial charge in [0.1, 0.15) is 12.7 Å². The molecule has 0 heterocycles. The Morgan fingerprint density at radius 2 is 1.76 bits per heavy atom. The molecule has 3 fully saturated rings. The van der Waals surface area contributed by atoms with Crippen LogP contribution in [-0.2, 0) is 16.1 Å². The van der Waals surface area contributed by atoms with Gasteiger partial charge in [0, 0.05) is 6.42 Å². The first-order valence-corrected chi connectivity index (χ1v) is 15.8. The van der Waals surface area contributed by atoms with E-state index in [0.717, 1.165) is 60.3 Å². The maximum atomic E-state index is 12.4. The average Bonchev–Trinajstić information content (AvgIpc) is 3.25. The van der Waals surface area contributed by atoms with E-state index >= 15 is 0 Å². The van der Waals surface area contributed by atoms with E-state index in [1.54, 1.807) is 5.57 Å². The van der Waals surface area contributed by atoms with E-state index < -0.39 is 6.16 Å². The van der Waals surface area contributed by atoms with Crippen LogP contribution in [0.2, 0.25) is 0 Å². The quantitative estimate of drug-likeness (QED) is 0.253. The van der Waals surface area contributed by atoms with Gasteiger partial charge in [-0.1, -0.05) is 95.9 Å². The highest BCUT2D eigenvalue weighted by Crippen LogP contribution is 2.67. The van der Waals surface area contributed by atoms with Gasteiger partial charge in [-0.15, -0.1) is 0 Å². The van der Waals surface area contributed by atoms with Gasteiger partial charge < -0.3 is 9.47 Å². The summed E-state index contributed by atoms with van der Waals surface area (Å²) in [5.74, 6) is 5.11. The van der Waals surface area contributed by atoms with Gasteiger partial charge in [0.05, 0.1) is 0 Å². The molecule has 1 aromatic carbocycles. The molecule has 0 radical (unpaired) electrons. The van der Waals surface area contributed by atoms with E-state index in [-0.39, 0.29) is 18.1 Å². The highest BCUT2D eigenvalue weighted by molar-refractivity contribution is 5.60. The Morgan fingerprint density at radius 1 is 0.974 bits per heavy atom. The molecule has 38 heavy (non-hydrogen) atoms. The standard InChI is InChI=1S/C35H52O3/c1-24(2)10-9-11-25(3)30-16-17-31-29-15-14-27-22-28(38-33(36)37-23-26-12-7-6-8-13-26)18-20-34(27,4)32(29)19-21-35(30,31)5/h6-8,12-14,24-25,28-32H,9-11,15-23H2,1-5H3/t25-,28-,29+,30-,31-,32+,34-,35+/m0/s1. The SMILES string of the molecule is CC(C)CCC[C@H](C)[C@@H]1CC[C@H]2[C@H]3CC=C4C[C@@H](OC(=O)OCc5ccccc5)CC[C@]4(C)[C@@H]3CC[C@@]21C. The second-order valence-electron chi connectivity index (χ2n) is 14.3. The van der Waals surface area contributed by atoms with Crippen molar-refractivity contribution in [1.82, 2.24) is 0 Å². The second kappa shape index (κ2) is 11.4. The number of allylic oxidation sites excluding steroid dienone is 1. The zero-order valence-corrected chi connectivity index (χ0v) is 24.7. The minimum atomic E-state index is -0.523. The van der Waals surface area contributed by atoms with Crippen molar-refractivity contribution in [2.45, 2.75) is 118 Å². The summed E-state index contributed by atoms with van der Waals surface area (Å²) in [4.78, 5) is 12.4. The predicted octanol–water partition coefficient (Wildman–Crippen LogP) is 9.75. The van der Waals surface area contributed by atoms with E-state index in [1.165, 1.54) is 51.4 Å². The van der Waals surface area contributed by atoms with Crippen molar-refractivity contribution in [2.24, 2.45) is 46.3 Å². The van der Waals surface area contributed by atoms with E-state index in [0.29, 0.717) is 5.41 Å². The number of carbonyl (C=O) groups is 1. The van der Waals surface area contributed by atoms with Crippen molar-refractivity contribution in [3.8, 4) is 0 Å². The molecule has 3 saturated carbocycles. The fourth-order valence-electron chi connectivity index (χ4n) is 9.64. The molecular weight excluding hydrogens is 468 g/mol. The summed E-state index contributed by atoms with van der Waals surface area (Å²) in [5, 5.41) is 0. The number of rotatable bonds is 8. The molecule has 3 heteroatoms. The Labute approximate surface area is 232 Å². The van der Waals surface area contributed by atoms with E-state index in [4.69, 9.17) is 9.47 Å². The lowest BCUT2D eigenvalue weighted by atomic mass is 9.47. The number of benzene rings is 1. The highest BCUT2D eigenvalue weighted by atomic mass is 16.7. The van der Waals surface area contributed by atoms with Crippen molar-refractivity contribution < 1.29 is 14.3 Å². The van der Waals surface area contributed by atoms with Crippen molar-refractivity contribution in [2.75, 3.05) is 0 Å². The van der Waals surface area contributed by atoms with Crippen LogP contribution < -0.4 is 0 Å². The molecule has 0 saturated heterocycles. The van der Waals surface area contributed by atoms with Crippen molar-refractivity contribution in [3.63, 3.8) is 0 Å². The van der Waals surface area contributed by atoms with Crippen LogP contribution in [0.25, 0.3) is 0 Å². The summed E-state index contributed by atoms with van der Waals surface area (Å²) in [5.41, 5.74) is 3.36. The number of fused-ring (bicyclic) bond motifs is 5. The summed E-state index contributed by atoms with van der Waals surface area (Å²) in [7, 11) is 0. The summed E-state index contributed by atoms with van der Waals surface area (Å²) in [6.07, 6.45) is 16.1. The molecule has 5 rings (SSSR count). The summed E-state index contributed by atoms with van der Waals surface area (Å²) in [6, 6.07) is 9.83. The lowest BCUT2D eigenvalue weighted by molar-refractivity contribution is -0.0620. The Balaban J connectivity index is 1.19. The normalized spacial score (nSPS) is 37.0. The maximum absolute atomic E-state index is 12.4. The Hall–Kier alpha value is -1.77. The van der Waals surface area contributed by atoms with Crippen molar-refractivity contribution in [1.29, 1.82) is 0 Å². The predicted molar refractivity (Wildman–Crippen MR) is 155 cm³/mol. The van der Waals surface area contributed by atoms with Crippen LogP contribution in [0.15, 0.2) is 42.0 Å². The molecular formula is C35H52O3. The smallest absolute Gasteiger partial charge is 0.431 e. The lowest BCUT2D eigenvalue weighted by Crippen LogP contribution is -2.51. The molecule has 3 nitrogen and oxygen atoms in total. The molecule has 0 amide bonds. The van der Waals surface area contributed by atoms with Gasteiger partial charge in [-0.05, 0) is 96.8 Å². The zero-order valence-electron chi connectivity index (χ0n) is 24.7. The van der Waals surface area contributed by atoms with Crippen molar-refractivity contribution in [3.05, 3.63) is 47.5 Å². The monoisotopic (exact) mass is 520 g/mol. The minimum absolute atomic E-state index is 0.0504. The molecule has 0 N–H and O–H groups in total. The number of hydrogen-bond acceptors (Lipinski definition) is 3. The van der Waals surface area contributed by atoms with Crippen LogP contribution in [0, 0.1) is 46.3 Å². The van der Waals surface area contributed by atoms with Gasteiger partial charge in [0.25, 0.3) is 0 Å². The van der Waals surface area contributed by atoms with Gasteiger partial charge in [-0.2, -0.15) is 0 Å². The summed E-state index contributed by atoms with van der Waals surface area (Å²) in [6.45, 7) is 12.8. The van der Waals surface area contributed by atoms with Gasteiger partial charge in [0.15, 0.2) is 0 Å². The number of ether oxygens (including phenoxy) is 2. The molecule has 1 aromatic rings. The zero-order chi connectivity index (χ0) is 26.9. The van der Waals surface area contributed by atoms with E-state index in [2.05, 4.69) is 40.7 Å². The van der Waals surface area contributed by atoms with Gasteiger partial charge >= 0.3 is 6.16 Å². The second-order valence-corrected chi connectivity index (χ2v) is 14.3. The van der Waals surface area contributed by atoms with Crippen LogP contribution in [0.1, 0.15) is 111 Å². The summed E-state index contributed by atoms with van der Waals surface area (Å²) < 4.78 is 11.2. The fraction of sp³-hybridized carbons (Fsp3) is 0.743. The third kappa shape index (κ3) is 5.46. The molecule has 0 spiro atoms. The fourth-order valence-corrected chi connectivity index (χ4v) is 9.64.